The van der Waals surface area contributed by atoms with Gasteiger partial charge in [0.15, 0.2) is 0 Å². The summed E-state index contributed by atoms with van der Waals surface area (Å²) in [7, 11) is 0. The number of likely N-dealkylation sites (tertiary alicyclic amines) is 1. The molecule has 2 aliphatic rings. The molecular weight excluding hydrogens is 384 g/mol. The van der Waals surface area contributed by atoms with Crippen LogP contribution in [0, 0.1) is 23.2 Å². The molecule has 1 atom stereocenters. The molecule has 4 rings (SSSR count). The first kappa shape index (κ1) is 21.9. The van der Waals surface area contributed by atoms with Crippen LogP contribution >= 0.6 is 0 Å². The normalized spacial score (nSPS) is 23.7. The highest BCUT2D eigenvalue weighted by molar-refractivity contribution is 5.34. The Kier molecular flexibility index (Phi) is 7.27. The molecule has 4 heteroatoms. The van der Waals surface area contributed by atoms with Gasteiger partial charge in [0.2, 0.25) is 0 Å². The summed E-state index contributed by atoms with van der Waals surface area (Å²) in [5.74, 6) is 1.59. The Morgan fingerprint density at radius 3 is 2.23 bits per heavy atom. The van der Waals surface area contributed by atoms with Crippen LogP contribution in [0.4, 0.5) is 0 Å². The summed E-state index contributed by atoms with van der Waals surface area (Å²) in [4.78, 5) is 1.63. The van der Waals surface area contributed by atoms with Gasteiger partial charge in [-0.3, -0.25) is 0 Å². The summed E-state index contributed by atoms with van der Waals surface area (Å²) in [6.45, 7) is 4.07. The molecule has 2 fully saturated rings. The molecule has 164 valence electrons. The maximum absolute atomic E-state index is 12.0. The summed E-state index contributed by atoms with van der Waals surface area (Å²) in [5, 5.41) is 20.9. The molecule has 0 bridgehead atoms. The summed E-state index contributed by atoms with van der Waals surface area (Å²) in [5.41, 5.74) is 1.13. The highest BCUT2D eigenvalue weighted by Crippen LogP contribution is 2.47. The van der Waals surface area contributed by atoms with E-state index in [4.69, 9.17) is 10.00 Å². The van der Waals surface area contributed by atoms with Crippen LogP contribution in [0.15, 0.2) is 54.6 Å². The quantitative estimate of drug-likeness (QED) is 0.642. The first-order valence-electron chi connectivity index (χ1n) is 11.9. The van der Waals surface area contributed by atoms with Gasteiger partial charge in [0, 0.05) is 25.2 Å². The summed E-state index contributed by atoms with van der Waals surface area (Å²) < 4.78 is 5.83. The predicted molar refractivity (Wildman–Crippen MR) is 122 cm³/mol. The van der Waals surface area contributed by atoms with Gasteiger partial charge in [-0.15, -0.1) is 0 Å². The van der Waals surface area contributed by atoms with Gasteiger partial charge in [0.05, 0.1) is 43.5 Å². The van der Waals surface area contributed by atoms with Crippen molar-refractivity contribution in [1.29, 1.82) is 5.26 Å². The predicted octanol–water partition coefficient (Wildman–Crippen LogP) is 3.70. The van der Waals surface area contributed by atoms with E-state index in [9.17, 15) is 5.11 Å². The number of rotatable bonds is 8. The van der Waals surface area contributed by atoms with Crippen LogP contribution in [0.2, 0.25) is 0 Å². The number of ether oxygens (including phenoxy) is 1. The third-order valence-corrected chi connectivity index (χ3v) is 7.46. The van der Waals surface area contributed by atoms with Crippen LogP contribution in [0.1, 0.15) is 56.1 Å². The second-order valence-electron chi connectivity index (χ2n) is 9.29. The number of nitrogens with one attached hydrogen (secondary N) is 1. The van der Waals surface area contributed by atoms with Crippen molar-refractivity contribution < 1.29 is 14.7 Å². The van der Waals surface area contributed by atoms with Gasteiger partial charge < -0.3 is 14.7 Å². The van der Waals surface area contributed by atoms with Crippen molar-refractivity contribution in [2.75, 3.05) is 26.2 Å². The van der Waals surface area contributed by atoms with Gasteiger partial charge in [0.1, 0.15) is 5.75 Å². The standard InChI is InChI=1S/C27H34N2O2/c28-21-22-11-13-26(14-12-22)31-20-6-17-29-18-15-25(16-19-29)27(30,24-9-4-5-10-24)23-7-2-1-3-8-23/h1-3,7-8,11-14,24-25,30H,4-6,9-10,15-20H2/p+1/t27-/m1/s1. The van der Waals surface area contributed by atoms with Crippen molar-refractivity contribution in [3.05, 3.63) is 65.7 Å². The van der Waals surface area contributed by atoms with E-state index in [0.29, 0.717) is 24.0 Å². The zero-order chi connectivity index (χ0) is 21.5. The molecule has 1 saturated heterocycles. The fraction of sp³-hybridized carbons (Fsp3) is 0.519. The van der Waals surface area contributed by atoms with Crippen LogP contribution in [-0.2, 0) is 5.60 Å². The van der Waals surface area contributed by atoms with Gasteiger partial charge in [-0.1, -0.05) is 43.2 Å². The molecule has 1 aliphatic carbocycles. The number of hydrogen-bond donors (Lipinski definition) is 2. The number of aliphatic hydroxyl groups is 1. The molecule has 0 aromatic heterocycles. The Balaban J connectivity index is 1.27. The number of nitrogens with zero attached hydrogens (tertiary/aromatic N) is 1. The number of piperidine rings is 1. The van der Waals surface area contributed by atoms with E-state index in [2.05, 4.69) is 30.3 Å². The Bertz CT molecular complexity index is 847. The van der Waals surface area contributed by atoms with Gasteiger partial charge in [-0.25, -0.2) is 0 Å². The van der Waals surface area contributed by atoms with Crippen LogP contribution < -0.4 is 9.64 Å². The van der Waals surface area contributed by atoms with Crippen LogP contribution in [0.3, 0.4) is 0 Å². The van der Waals surface area contributed by atoms with Crippen molar-refractivity contribution in [2.24, 2.45) is 11.8 Å². The summed E-state index contributed by atoms with van der Waals surface area (Å²) in [6.07, 6.45) is 8.02. The lowest BCUT2D eigenvalue weighted by molar-refractivity contribution is -0.906. The minimum Gasteiger partial charge on any atom is -0.493 e. The smallest absolute Gasteiger partial charge is 0.119 e. The fourth-order valence-corrected chi connectivity index (χ4v) is 5.73. The second-order valence-corrected chi connectivity index (χ2v) is 9.29. The topological polar surface area (TPSA) is 57.7 Å². The van der Waals surface area contributed by atoms with E-state index < -0.39 is 5.60 Å². The van der Waals surface area contributed by atoms with E-state index in [1.165, 1.54) is 12.8 Å². The minimum atomic E-state index is -0.665. The molecule has 2 aromatic carbocycles. The van der Waals surface area contributed by atoms with Crippen LogP contribution in [-0.4, -0.2) is 31.3 Å². The van der Waals surface area contributed by atoms with E-state index in [-0.39, 0.29) is 0 Å². The molecule has 1 saturated carbocycles. The van der Waals surface area contributed by atoms with E-state index >= 15 is 0 Å². The molecule has 0 amide bonds. The average molecular weight is 420 g/mol. The lowest BCUT2D eigenvalue weighted by Crippen LogP contribution is -3.13. The molecule has 31 heavy (non-hydrogen) atoms. The lowest BCUT2D eigenvalue weighted by atomic mass is 9.68. The van der Waals surface area contributed by atoms with Gasteiger partial charge in [-0.05, 0) is 48.6 Å². The highest BCUT2D eigenvalue weighted by Gasteiger charge is 2.47. The molecule has 2 aromatic rings. The summed E-state index contributed by atoms with van der Waals surface area (Å²) in [6, 6.07) is 19.9. The van der Waals surface area contributed by atoms with Crippen molar-refractivity contribution in [3.63, 3.8) is 0 Å². The van der Waals surface area contributed by atoms with Crippen LogP contribution in [0.5, 0.6) is 5.75 Å². The van der Waals surface area contributed by atoms with E-state index in [1.807, 2.05) is 18.2 Å². The van der Waals surface area contributed by atoms with Gasteiger partial charge >= 0.3 is 0 Å². The number of quaternary nitrogens is 1. The van der Waals surface area contributed by atoms with E-state index in [1.54, 1.807) is 17.0 Å². The Labute approximate surface area is 186 Å². The Hall–Kier alpha value is -2.35. The monoisotopic (exact) mass is 419 g/mol. The van der Waals surface area contributed by atoms with Crippen molar-refractivity contribution in [2.45, 2.75) is 50.5 Å². The average Bonchev–Trinajstić information content (AvgIpc) is 3.38. The molecule has 1 heterocycles. The third kappa shape index (κ3) is 5.11. The zero-order valence-corrected chi connectivity index (χ0v) is 18.4. The minimum absolute atomic E-state index is 0.358. The zero-order valence-electron chi connectivity index (χ0n) is 18.4. The fourth-order valence-electron chi connectivity index (χ4n) is 5.73. The second kappa shape index (κ2) is 10.3. The van der Waals surface area contributed by atoms with Gasteiger partial charge in [-0.2, -0.15) is 5.26 Å². The molecule has 0 radical (unpaired) electrons. The molecule has 1 aliphatic heterocycles. The first-order chi connectivity index (χ1) is 15.2. The molecule has 2 N–H and O–H groups in total. The molecule has 0 spiro atoms. The molecule has 4 nitrogen and oxygen atoms in total. The van der Waals surface area contributed by atoms with Crippen molar-refractivity contribution in [3.8, 4) is 11.8 Å². The van der Waals surface area contributed by atoms with Crippen molar-refractivity contribution >= 4 is 0 Å². The largest absolute Gasteiger partial charge is 0.493 e. The maximum Gasteiger partial charge on any atom is 0.119 e. The number of benzene rings is 2. The van der Waals surface area contributed by atoms with Crippen molar-refractivity contribution in [1.82, 2.24) is 0 Å². The molecular formula is C27H35N2O2+. The molecule has 0 unspecified atom stereocenters. The Morgan fingerprint density at radius 1 is 0.935 bits per heavy atom. The first-order valence-corrected chi connectivity index (χ1v) is 11.9. The maximum atomic E-state index is 12.0. The summed E-state index contributed by atoms with van der Waals surface area (Å²) >= 11 is 0. The lowest BCUT2D eigenvalue weighted by Gasteiger charge is -2.44. The Morgan fingerprint density at radius 2 is 1.58 bits per heavy atom. The highest BCUT2D eigenvalue weighted by atomic mass is 16.5. The van der Waals surface area contributed by atoms with E-state index in [0.717, 1.165) is 63.1 Å². The number of nitriles is 1. The third-order valence-electron chi connectivity index (χ3n) is 7.46. The van der Waals surface area contributed by atoms with Crippen LogP contribution in [0.25, 0.3) is 0 Å². The number of hydrogen-bond acceptors (Lipinski definition) is 3. The van der Waals surface area contributed by atoms with Gasteiger partial charge in [0.25, 0.3) is 0 Å². The SMILES string of the molecule is N#Cc1ccc(OCCC[NH+]2CCC([C@@](O)(c3ccccc3)C3CCCC3)CC2)cc1.